The van der Waals surface area contributed by atoms with Gasteiger partial charge in [0.15, 0.2) is 0 Å². The van der Waals surface area contributed by atoms with E-state index >= 15 is 0 Å². The summed E-state index contributed by atoms with van der Waals surface area (Å²) < 4.78 is 0. The highest BCUT2D eigenvalue weighted by molar-refractivity contribution is 5.62. The van der Waals surface area contributed by atoms with Crippen LogP contribution < -0.4 is 5.32 Å². The Morgan fingerprint density at radius 1 is 1.00 bits per heavy atom. The lowest BCUT2D eigenvalue weighted by Crippen LogP contribution is -2.28. The van der Waals surface area contributed by atoms with Crippen LogP contribution >= 0.6 is 0 Å². The zero-order valence-electron chi connectivity index (χ0n) is 11.0. The molecular weight excluding hydrogens is 240 g/mol. The Morgan fingerprint density at radius 2 is 1.58 bits per heavy atom. The third kappa shape index (κ3) is 2.91. The Kier molecular flexibility index (Phi) is 3.51. The second-order valence-electron chi connectivity index (χ2n) is 4.89. The second-order valence-corrected chi connectivity index (χ2v) is 4.89. The standard InChI is InChI=1S/C15H16N2O2/c1-15(2,12-8-4-3-5-9-12)16-13-10-6-7-11-14(13)17(18)19/h3-11,16H,1-2H3. The molecule has 4 heteroatoms. The monoisotopic (exact) mass is 256 g/mol. The first-order valence-corrected chi connectivity index (χ1v) is 6.08. The summed E-state index contributed by atoms with van der Waals surface area (Å²) >= 11 is 0. The average Bonchev–Trinajstić information content (AvgIpc) is 2.39. The lowest BCUT2D eigenvalue weighted by molar-refractivity contribution is -0.384. The first kappa shape index (κ1) is 13.1. The Hall–Kier alpha value is -2.36. The minimum atomic E-state index is -0.382. The number of benzene rings is 2. The molecule has 98 valence electrons. The van der Waals surface area contributed by atoms with Crippen molar-refractivity contribution in [2.75, 3.05) is 5.32 Å². The Morgan fingerprint density at radius 3 is 2.21 bits per heavy atom. The summed E-state index contributed by atoms with van der Waals surface area (Å²) in [7, 11) is 0. The minimum absolute atomic E-state index is 0.0894. The van der Waals surface area contributed by atoms with E-state index in [9.17, 15) is 10.1 Å². The topological polar surface area (TPSA) is 55.2 Å². The van der Waals surface area contributed by atoms with Crippen LogP contribution in [0.1, 0.15) is 19.4 Å². The molecule has 0 aliphatic rings. The van der Waals surface area contributed by atoms with Crippen molar-refractivity contribution in [1.82, 2.24) is 0 Å². The predicted molar refractivity (Wildman–Crippen MR) is 76.2 cm³/mol. The van der Waals surface area contributed by atoms with Crippen molar-refractivity contribution in [1.29, 1.82) is 0 Å². The lowest BCUT2D eigenvalue weighted by Gasteiger charge is -2.28. The fraction of sp³-hybridized carbons (Fsp3) is 0.200. The molecule has 0 spiro atoms. The van der Waals surface area contributed by atoms with Crippen molar-refractivity contribution in [2.45, 2.75) is 19.4 Å². The lowest BCUT2D eigenvalue weighted by atomic mass is 9.94. The van der Waals surface area contributed by atoms with Gasteiger partial charge in [-0.2, -0.15) is 0 Å². The van der Waals surface area contributed by atoms with Crippen molar-refractivity contribution in [3.05, 3.63) is 70.3 Å². The molecule has 0 fully saturated rings. The summed E-state index contributed by atoms with van der Waals surface area (Å²) in [6.45, 7) is 4.00. The number of rotatable bonds is 4. The van der Waals surface area contributed by atoms with Crippen molar-refractivity contribution in [3.8, 4) is 0 Å². The second kappa shape index (κ2) is 5.10. The van der Waals surface area contributed by atoms with Gasteiger partial charge in [0, 0.05) is 6.07 Å². The van der Waals surface area contributed by atoms with E-state index in [0.29, 0.717) is 5.69 Å². The molecule has 4 nitrogen and oxygen atoms in total. The largest absolute Gasteiger partial charge is 0.371 e. The van der Waals surface area contributed by atoms with Gasteiger partial charge < -0.3 is 5.32 Å². The summed E-state index contributed by atoms with van der Waals surface area (Å²) in [5.41, 5.74) is 1.31. The van der Waals surface area contributed by atoms with E-state index in [2.05, 4.69) is 5.32 Å². The number of nitrogens with one attached hydrogen (secondary N) is 1. The zero-order chi connectivity index (χ0) is 13.9. The first-order chi connectivity index (χ1) is 9.00. The molecule has 1 N–H and O–H groups in total. The van der Waals surface area contributed by atoms with Crippen LogP contribution in [0, 0.1) is 10.1 Å². The highest BCUT2D eigenvalue weighted by Crippen LogP contribution is 2.30. The van der Waals surface area contributed by atoms with E-state index in [0.717, 1.165) is 5.56 Å². The number of hydrogen-bond donors (Lipinski definition) is 1. The highest BCUT2D eigenvalue weighted by atomic mass is 16.6. The van der Waals surface area contributed by atoms with Gasteiger partial charge in [-0.15, -0.1) is 0 Å². The third-order valence-electron chi connectivity index (χ3n) is 3.04. The van der Waals surface area contributed by atoms with Gasteiger partial charge in [-0.25, -0.2) is 0 Å². The number of nitro groups is 1. The van der Waals surface area contributed by atoms with E-state index in [1.54, 1.807) is 18.2 Å². The average molecular weight is 256 g/mol. The molecule has 2 aromatic rings. The summed E-state index contributed by atoms with van der Waals surface area (Å²) in [4.78, 5) is 10.6. The van der Waals surface area contributed by atoms with Crippen molar-refractivity contribution in [3.63, 3.8) is 0 Å². The van der Waals surface area contributed by atoms with Crippen LogP contribution in [0.3, 0.4) is 0 Å². The molecule has 0 saturated carbocycles. The quantitative estimate of drug-likeness (QED) is 0.665. The van der Waals surface area contributed by atoms with Crippen molar-refractivity contribution in [2.24, 2.45) is 0 Å². The maximum Gasteiger partial charge on any atom is 0.292 e. The number of nitrogens with zero attached hydrogens (tertiary/aromatic N) is 1. The normalized spacial score (nSPS) is 11.1. The fourth-order valence-corrected chi connectivity index (χ4v) is 2.00. The Labute approximate surface area is 112 Å². The van der Waals surface area contributed by atoms with Crippen molar-refractivity contribution < 1.29 is 4.92 Å². The highest BCUT2D eigenvalue weighted by Gasteiger charge is 2.23. The molecule has 2 rings (SSSR count). The van der Waals surface area contributed by atoms with Crippen LogP contribution in [0.4, 0.5) is 11.4 Å². The van der Waals surface area contributed by atoms with Gasteiger partial charge in [0.1, 0.15) is 5.69 Å². The maximum absolute atomic E-state index is 11.0. The van der Waals surface area contributed by atoms with E-state index in [-0.39, 0.29) is 16.1 Å². The molecule has 0 heterocycles. The smallest absolute Gasteiger partial charge is 0.292 e. The molecule has 0 bridgehead atoms. The van der Waals surface area contributed by atoms with Crippen molar-refractivity contribution >= 4 is 11.4 Å². The van der Waals surface area contributed by atoms with Crippen LogP contribution in [0.5, 0.6) is 0 Å². The summed E-state index contributed by atoms with van der Waals surface area (Å²) in [6, 6.07) is 16.5. The number of anilines is 1. The molecule has 0 unspecified atom stereocenters. The van der Waals surface area contributed by atoms with Crippen LogP contribution in [-0.2, 0) is 5.54 Å². The van der Waals surface area contributed by atoms with E-state index in [1.165, 1.54) is 6.07 Å². The Bertz CT molecular complexity index is 580. The van der Waals surface area contributed by atoms with Crippen LogP contribution in [0.25, 0.3) is 0 Å². The number of hydrogen-bond acceptors (Lipinski definition) is 3. The van der Waals surface area contributed by atoms with Gasteiger partial charge in [-0.05, 0) is 25.5 Å². The zero-order valence-corrected chi connectivity index (χ0v) is 11.0. The SMILES string of the molecule is CC(C)(Nc1ccccc1[N+](=O)[O-])c1ccccc1. The molecule has 0 atom stereocenters. The van der Waals surface area contributed by atoms with E-state index in [1.807, 2.05) is 44.2 Å². The number of para-hydroxylation sites is 2. The van der Waals surface area contributed by atoms with Gasteiger partial charge in [0.2, 0.25) is 0 Å². The summed E-state index contributed by atoms with van der Waals surface area (Å²) in [6.07, 6.45) is 0. The molecule has 2 aromatic carbocycles. The maximum atomic E-state index is 11.0. The van der Waals surface area contributed by atoms with Gasteiger partial charge in [0.05, 0.1) is 10.5 Å². The molecular formula is C15H16N2O2. The van der Waals surface area contributed by atoms with Crippen LogP contribution in [0.15, 0.2) is 54.6 Å². The van der Waals surface area contributed by atoms with Crippen LogP contribution in [-0.4, -0.2) is 4.92 Å². The number of nitro benzene ring substituents is 1. The minimum Gasteiger partial charge on any atom is -0.371 e. The molecule has 0 aromatic heterocycles. The summed E-state index contributed by atoms with van der Waals surface area (Å²) in [5, 5.41) is 14.3. The van der Waals surface area contributed by atoms with Gasteiger partial charge in [0.25, 0.3) is 5.69 Å². The molecule has 0 saturated heterocycles. The molecule has 19 heavy (non-hydrogen) atoms. The van der Waals surface area contributed by atoms with Gasteiger partial charge in [-0.1, -0.05) is 42.5 Å². The Balaban J connectivity index is 2.33. The molecule has 0 aliphatic carbocycles. The fourth-order valence-electron chi connectivity index (χ4n) is 2.00. The van der Waals surface area contributed by atoms with Gasteiger partial charge >= 0.3 is 0 Å². The predicted octanol–water partition coefficient (Wildman–Crippen LogP) is 3.94. The molecule has 0 aliphatic heterocycles. The molecule has 0 amide bonds. The molecule has 0 radical (unpaired) electrons. The van der Waals surface area contributed by atoms with Crippen LogP contribution in [0.2, 0.25) is 0 Å². The summed E-state index contributed by atoms with van der Waals surface area (Å²) in [5.74, 6) is 0. The third-order valence-corrected chi connectivity index (χ3v) is 3.04. The van der Waals surface area contributed by atoms with E-state index < -0.39 is 0 Å². The first-order valence-electron chi connectivity index (χ1n) is 6.08. The van der Waals surface area contributed by atoms with E-state index in [4.69, 9.17) is 0 Å². The van der Waals surface area contributed by atoms with Gasteiger partial charge in [-0.3, -0.25) is 10.1 Å².